The molecular formula is C10H15N3O4. The van der Waals surface area contributed by atoms with Crippen LogP contribution in [0.3, 0.4) is 0 Å². The van der Waals surface area contributed by atoms with Gasteiger partial charge in [-0.2, -0.15) is 5.10 Å². The lowest BCUT2D eigenvalue weighted by molar-refractivity contribution is -0.139. The molecular weight excluding hydrogens is 226 g/mol. The molecule has 0 saturated carbocycles. The van der Waals surface area contributed by atoms with Crippen LogP contribution in [0.1, 0.15) is 16.8 Å². The van der Waals surface area contributed by atoms with Gasteiger partial charge in [0.25, 0.3) is 5.91 Å². The van der Waals surface area contributed by atoms with Crippen molar-refractivity contribution < 1.29 is 19.4 Å². The molecule has 1 heterocycles. The summed E-state index contributed by atoms with van der Waals surface area (Å²) in [6.07, 6.45) is 3.12. The van der Waals surface area contributed by atoms with E-state index in [0.29, 0.717) is 5.56 Å². The summed E-state index contributed by atoms with van der Waals surface area (Å²) in [5.41, 5.74) is 0.330. The summed E-state index contributed by atoms with van der Waals surface area (Å²) < 4.78 is 6.25. The van der Waals surface area contributed by atoms with E-state index in [4.69, 9.17) is 9.84 Å². The highest BCUT2D eigenvalue weighted by atomic mass is 16.5. The fourth-order valence-corrected chi connectivity index (χ4v) is 1.27. The van der Waals surface area contributed by atoms with E-state index in [0.717, 1.165) is 0 Å². The van der Waals surface area contributed by atoms with Gasteiger partial charge in [-0.3, -0.25) is 9.48 Å². The van der Waals surface area contributed by atoms with Gasteiger partial charge in [0.1, 0.15) is 6.04 Å². The van der Waals surface area contributed by atoms with Crippen molar-refractivity contribution in [2.45, 2.75) is 12.5 Å². The number of amides is 1. The molecule has 94 valence electrons. The number of carbonyl (C=O) groups is 2. The van der Waals surface area contributed by atoms with Gasteiger partial charge in [-0.25, -0.2) is 4.79 Å². The lowest BCUT2D eigenvalue weighted by Crippen LogP contribution is -2.41. The summed E-state index contributed by atoms with van der Waals surface area (Å²) in [6.45, 7) is 0.268. The molecule has 0 aromatic carbocycles. The van der Waals surface area contributed by atoms with E-state index in [1.165, 1.54) is 24.2 Å². The lowest BCUT2D eigenvalue weighted by atomic mass is 10.2. The Morgan fingerprint density at radius 1 is 1.65 bits per heavy atom. The van der Waals surface area contributed by atoms with E-state index < -0.39 is 17.9 Å². The van der Waals surface area contributed by atoms with Crippen molar-refractivity contribution in [3.05, 3.63) is 18.0 Å². The second kappa shape index (κ2) is 6.00. The summed E-state index contributed by atoms with van der Waals surface area (Å²) in [4.78, 5) is 22.6. The monoisotopic (exact) mass is 241 g/mol. The van der Waals surface area contributed by atoms with Crippen LogP contribution in [0.25, 0.3) is 0 Å². The Kier molecular flexibility index (Phi) is 4.65. The Morgan fingerprint density at radius 2 is 2.35 bits per heavy atom. The normalized spacial score (nSPS) is 12.1. The fraction of sp³-hybridized carbons (Fsp3) is 0.500. The van der Waals surface area contributed by atoms with Gasteiger partial charge in [0, 0.05) is 33.4 Å². The predicted octanol–water partition coefficient (Wildman–Crippen LogP) is -0.360. The molecule has 1 aromatic heterocycles. The summed E-state index contributed by atoms with van der Waals surface area (Å²) in [5.74, 6) is -1.54. The van der Waals surface area contributed by atoms with Gasteiger partial charge in [-0.05, 0) is 0 Å². The van der Waals surface area contributed by atoms with E-state index in [1.54, 1.807) is 7.05 Å². The Morgan fingerprint density at radius 3 is 2.82 bits per heavy atom. The molecule has 0 aliphatic carbocycles. The molecule has 7 nitrogen and oxygen atoms in total. The van der Waals surface area contributed by atoms with Crippen LogP contribution in [0.5, 0.6) is 0 Å². The highest BCUT2D eigenvalue weighted by Gasteiger charge is 2.20. The Balaban J connectivity index is 2.60. The van der Waals surface area contributed by atoms with E-state index in [2.05, 4.69) is 10.4 Å². The average molecular weight is 241 g/mol. The molecule has 0 saturated heterocycles. The van der Waals surface area contributed by atoms with Gasteiger partial charge in [0.15, 0.2) is 0 Å². The average Bonchev–Trinajstić information content (AvgIpc) is 2.70. The van der Waals surface area contributed by atoms with E-state index in [9.17, 15) is 9.59 Å². The van der Waals surface area contributed by atoms with E-state index in [1.807, 2.05) is 0 Å². The largest absolute Gasteiger partial charge is 0.480 e. The minimum absolute atomic E-state index is 0.220. The number of carbonyl (C=O) groups excluding carboxylic acids is 1. The molecule has 1 atom stereocenters. The van der Waals surface area contributed by atoms with Crippen LogP contribution in [-0.2, 0) is 16.6 Å². The molecule has 0 bridgehead atoms. The minimum Gasteiger partial charge on any atom is -0.480 e. The minimum atomic E-state index is -1.08. The molecule has 0 fully saturated rings. The number of hydrogen-bond acceptors (Lipinski definition) is 4. The number of nitrogens with one attached hydrogen (secondary N) is 1. The van der Waals surface area contributed by atoms with Crippen LogP contribution in [0.2, 0.25) is 0 Å². The molecule has 0 radical (unpaired) electrons. The topological polar surface area (TPSA) is 93.5 Å². The van der Waals surface area contributed by atoms with Gasteiger partial charge >= 0.3 is 5.97 Å². The molecule has 0 aliphatic rings. The van der Waals surface area contributed by atoms with Crippen LogP contribution in [0.15, 0.2) is 12.4 Å². The molecule has 1 aromatic rings. The second-order valence-electron chi connectivity index (χ2n) is 3.55. The number of aromatic nitrogens is 2. The predicted molar refractivity (Wildman–Crippen MR) is 58.6 cm³/mol. The maximum Gasteiger partial charge on any atom is 0.326 e. The quantitative estimate of drug-likeness (QED) is 0.709. The Labute approximate surface area is 98.4 Å². The molecule has 1 unspecified atom stereocenters. The first-order valence-corrected chi connectivity index (χ1v) is 5.06. The molecule has 7 heteroatoms. The molecule has 0 spiro atoms. The Bertz CT molecular complexity index is 402. The smallest absolute Gasteiger partial charge is 0.326 e. The summed E-state index contributed by atoms with van der Waals surface area (Å²) in [7, 11) is 3.15. The highest BCUT2D eigenvalue weighted by molar-refractivity contribution is 5.96. The number of aliphatic carboxylic acids is 1. The number of methoxy groups -OCH3 is 1. The zero-order valence-electron chi connectivity index (χ0n) is 9.71. The van der Waals surface area contributed by atoms with Gasteiger partial charge in [0.05, 0.1) is 11.8 Å². The van der Waals surface area contributed by atoms with Crippen LogP contribution in [0.4, 0.5) is 0 Å². The van der Waals surface area contributed by atoms with Gasteiger partial charge < -0.3 is 15.2 Å². The Hall–Kier alpha value is -1.89. The third-order valence-electron chi connectivity index (χ3n) is 2.18. The second-order valence-corrected chi connectivity index (χ2v) is 3.55. The number of nitrogens with zero attached hydrogens (tertiary/aromatic N) is 2. The number of aryl methyl sites for hydroxylation is 1. The first kappa shape index (κ1) is 13.2. The van der Waals surface area contributed by atoms with Crippen molar-refractivity contribution in [1.82, 2.24) is 15.1 Å². The molecule has 17 heavy (non-hydrogen) atoms. The van der Waals surface area contributed by atoms with Crippen molar-refractivity contribution in [3.8, 4) is 0 Å². The third-order valence-corrected chi connectivity index (χ3v) is 2.18. The molecule has 0 aliphatic heterocycles. The number of carboxylic acids is 1. The van der Waals surface area contributed by atoms with Gasteiger partial charge in [-0.15, -0.1) is 0 Å². The van der Waals surface area contributed by atoms with Gasteiger partial charge in [-0.1, -0.05) is 0 Å². The fourth-order valence-electron chi connectivity index (χ4n) is 1.27. The van der Waals surface area contributed by atoms with Crippen molar-refractivity contribution in [3.63, 3.8) is 0 Å². The summed E-state index contributed by atoms with van der Waals surface area (Å²) >= 11 is 0. The standard InChI is InChI=1S/C10H15N3O4/c1-13-6-7(5-11-13)9(14)12-8(10(15)16)3-4-17-2/h5-6,8H,3-4H2,1-2H3,(H,12,14)(H,15,16). The number of carboxylic acid groups (broad SMARTS) is 1. The van der Waals surface area contributed by atoms with E-state index in [-0.39, 0.29) is 13.0 Å². The summed E-state index contributed by atoms with van der Waals surface area (Å²) in [5, 5.41) is 15.2. The van der Waals surface area contributed by atoms with Crippen molar-refractivity contribution in [2.24, 2.45) is 7.05 Å². The zero-order chi connectivity index (χ0) is 12.8. The van der Waals surface area contributed by atoms with Crippen LogP contribution in [-0.4, -0.2) is 46.5 Å². The van der Waals surface area contributed by atoms with Crippen LogP contribution >= 0.6 is 0 Å². The van der Waals surface area contributed by atoms with E-state index >= 15 is 0 Å². The maximum atomic E-state index is 11.7. The van der Waals surface area contributed by atoms with Gasteiger partial charge in [0.2, 0.25) is 0 Å². The maximum absolute atomic E-state index is 11.7. The van der Waals surface area contributed by atoms with Crippen molar-refractivity contribution in [2.75, 3.05) is 13.7 Å². The first-order valence-electron chi connectivity index (χ1n) is 5.06. The first-order chi connectivity index (χ1) is 8.04. The van der Waals surface area contributed by atoms with Crippen molar-refractivity contribution >= 4 is 11.9 Å². The lowest BCUT2D eigenvalue weighted by Gasteiger charge is -2.13. The highest BCUT2D eigenvalue weighted by Crippen LogP contribution is 1.99. The van der Waals surface area contributed by atoms with Crippen LogP contribution in [0, 0.1) is 0 Å². The zero-order valence-corrected chi connectivity index (χ0v) is 9.71. The number of hydrogen-bond donors (Lipinski definition) is 2. The number of rotatable bonds is 6. The molecule has 2 N–H and O–H groups in total. The summed E-state index contributed by atoms with van der Waals surface area (Å²) in [6, 6.07) is -0.956. The SMILES string of the molecule is COCCC(NC(=O)c1cnn(C)c1)C(=O)O. The third kappa shape index (κ3) is 3.87. The molecule has 1 amide bonds. The number of ether oxygens (including phenoxy) is 1. The van der Waals surface area contributed by atoms with Crippen molar-refractivity contribution in [1.29, 1.82) is 0 Å². The molecule has 1 rings (SSSR count). The van der Waals surface area contributed by atoms with Crippen LogP contribution < -0.4 is 5.32 Å².